The minimum atomic E-state index is -0.0175. The summed E-state index contributed by atoms with van der Waals surface area (Å²) >= 11 is 0. The predicted octanol–water partition coefficient (Wildman–Crippen LogP) is 2.40. The van der Waals surface area contributed by atoms with E-state index in [0.29, 0.717) is 18.5 Å². The number of nitrogens with one attached hydrogen (secondary N) is 1. The molecule has 1 saturated heterocycles. The summed E-state index contributed by atoms with van der Waals surface area (Å²) in [6.45, 7) is 2.33. The van der Waals surface area contributed by atoms with Crippen molar-refractivity contribution in [2.45, 2.75) is 26.2 Å². The van der Waals surface area contributed by atoms with E-state index in [4.69, 9.17) is 0 Å². The number of anilines is 1. The number of amides is 2. The molecule has 4 rings (SSSR count). The van der Waals surface area contributed by atoms with Crippen LogP contribution in [0.25, 0.3) is 0 Å². The number of nitrogens with zero attached hydrogens (tertiary/aromatic N) is 1. The zero-order valence-corrected chi connectivity index (χ0v) is 12.2. The molecule has 1 N–H and O–H groups in total. The molecule has 4 atom stereocenters. The van der Waals surface area contributed by atoms with Crippen LogP contribution >= 0.6 is 0 Å². The Morgan fingerprint density at radius 1 is 1.05 bits per heavy atom. The van der Waals surface area contributed by atoms with Crippen molar-refractivity contribution in [1.29, 1.82) is 0 Å². The average Bonchev–Trinajstić information content (AvgIpc) is 3.14. The van der Waals surface area contributed by atoms with Gasteiger partial charge in [0.1, 0.15) is 0 Å². The van der Waals surface area contributed by atoms with Crippen molar-refractivity contribution in [3.63, 3.8) is 0 Å². The van der Waals surface area contributed by atoms with E-state index in [9.17, 15) is 9.59 Å². The summed E-state index contributed by atoms with van der Waals surface area (Å²) in [5, 5.41) is 3.20. The van der Waals surface area contributed by atoms with E-state index in [1.54, 1.807) is 0 Å². The number of rotatable bonds is 3. The first-order valence-electron chi connectivity index (χ1n) is 7.81. The number of hydrogen-bond acceptors (Lipinski definition) is 3. The minimum absolute atomic E-state index is 0.0175. The number of hydrogen-bond donors (Lipinski definition) is 1. The van der Waals surface area contributed by atoms with Gasteiger partial charge in [-0.3, -0.25) is 14.5 Å². The maximum atomic E-state index is 12.5. The first kappa shape index (κ1) is 12.9. The maximum Gasteiger partial charge on any atom is 0.234 e. The van der Waals surface area contributed by atoms with Crippen LogP contribution in [-0.4, -0.2) is 23.4 Å². The van der Waals surface area contributed by atoms with Crippen molar-refractivity contribution in [2.75, 3.05) is 12.0 Å². The standard InChI is InChI=1S/C17H20N2O2/c1-10-2-6-13(7-3-10)18-9-19-16(20)14-11-4-5-12(8-11)15(14)17(19)21/h2-3,6-7,11-12,14-15,18H,4-5,8-9H2,1H3/t11-,12-,14-,15-/m0/s1. The molecule has 2 bridgehead atoms. The summed E-state index contributed by atoms with van der Waals surface area (Å²) in [7, 11) is 0. The fourth-order valence-corrected chi connectivity index (χ4v) is 4.47. The van der Waals surface area contributed by atoms with Gasteiger partial charge in [-0.15, -0.1) is 0 Å². The third kappa shape index (κ3) is 1.88. The molecular weight excluding hydrogens is 264 g/mol. The summed E-state index contributed by atoms with van der Waals surface area (Å²) in [6.07, 6.45) is 3.35. The van der Waals surface area contributed by atoms with Crippen LogP contribution in [-0.2, 0) is 9.59 Å². The van der Waals surface area contributed by atoms with Gasteiger partial charge in [0.05, 0.1) is 18.5 Å². The lowest BCUT2D eigenvalue weighted by Gasteiger charge is -2.19. The second-order valence-electron chi connectivity index (χ2n) is 6.69. The van der Waals surface area contributed by atoms with Gasteiger partial charge in [-0.05, 0) is 50.2 Å². The van der Waals surface area contributed by atoms with Gasteiger partial charge in [0.15, 0.2) is 0 Å². The highest BCUT2D eigenvalue weighted by Gasteiger charge is 2.60. The third-order valence-electron chi connectivity index (χ3n) is 5.51. The second-order valence-corrected chi connectivity index (χ2v) is 6.69. The zero-order valence-electron chi connectivity index (χ0n) is 12.2. The topological polar surface area (TPSA) is 49.4 Å². The largest absolute Gasteiger partial charge is 0.367 e. The molecule has 1 heterocycles. The van der Waals surface area contributed by atoms with E-state index in [0.717, 1.165) is 24.9 Å². The number of carbonyl (C=O) groups excluding carboxylic acids is 2. The van der Waals surface area contributed by atoms with E-state index in [1.165, 1.54) is 10.5 Å². The Hall–Kier alpha value is -1.84. The first-order valence-corrected chi connectivity index (χ1v) is 7.81. The Kier molecular flexibility index (Phi) is 2.81. The number of aryl methyl sites for hydroxylation is 1. The fraction of sp³-hybridized carbons (Fsp3) is 0.529. The monoisotopic (exact) mass is 284 g/mol. The Morgan fingerprint density at radius 2 is 1.62 bits per heavy atom. The molecule has 2 saturated carbocycles. The van der Waals surface area contributed by atoms with Crippen molar-refractivity contribution in [3.05, 3.63) is 29.8 Å². The maximum absolute atomic E-state index is 12.5. The predicted molar refractivity (Wildman–Crippen MR) is 79.3 cm³/mol. The van der Waals surface area contributed by atoms with Crippen LogP contribution in [0, 0.1) is 30.6 Å². The summed E-state index contributed by atoms with van der Waals surface area (Å²) in [4.78, 5) is 26.5. The number of imide groups is 1. The van der Waals surface area contributed by atoms with Gasteiger partial charge in [-0.1, -0.05) is 17.7 Å². The van der Waals surface area contributed by atoms with Crippen molar-refractivity contribution in [3.8, 4) is 0 Å². The molecule has 2 aliphatic carbocycles. The van der Waals surface area contributed by atoms with E-state index < -0.39 is 0 Å². The molecule has 0 unspecified atom stereocenters. The molecule has 110 valence electrons. The van der Waals surface area contributed by atoms with E-state index in [-0.39, 0.29) is 23.7 Å². The first-order chi connectivity index (χ1) is 10.1. The van der Waals surface area contributed by atoms with Gasteiger partial charge in [0.25, 0.3) is 0 Å². The SMILES string of the molecule is Cc1ccc(NCN2C(=O)[C@H]3[C@H]4CC[C@@H](C4)[C@@H]3C2=O)cc1. The highest BCUT2D eigenvalue weighted by Crippen LogP contribution is 2.55. The molecule has 0 aromatic heterocycles. The Labute approximate surface area is 124 Å². The zero-order chi connectivity index (χ0) is 14.6. The smallest absolute Gasteiger partial charge is 0.234 e. The molecule has 1 aliphatic heterocycles. The molecule has 0 spiro atoms. The Morgan fingerprint density at radius 3 is 2.19 bits per heavy atom. The quantitative estimate of drug-likeness (QED) is 0.867. The van der Waals surface area contributed by atoms with E-state index >= 15 is 0 Å². The minimum Gasteiger partial charge on any atom is -0.367 e. The highest BCUT2D eigenvalue weighted by atomic mass is 16.2. The second kappa shape index (κ2) is 4.58. The Balaban J connectivity index is 1.48. The van der Waals surface area contributed by atoms with Gasteiger partial charge >= 0.3 is 0 Å². The van der Waals surface area contributed by atoms with Crippen molar-refractivity contribution in [2.24, 2.45) is 23.7 Å². The lowest BCUT2D eigenvalue weighted by atomic mass is 9.81. The van der Waals surface area contributed by atoms with Crippen LogP contribution < -0.4 is 5.32 Å². The number of likely N-dealkylation sites (tertiary alicyclic amines) is 1. The summed E-state index contributed by atoms with van der Waals surface area (Å²) < 4.78 is 0. The molecule has 4 heteroatoms. The van der Waals surface area contributed by atoms with Gasteiger partial charge in [0.2, 0.25) is 11.8 Å². The van der Waals surface area contributed by atoms with Gasteiger partial charge in [0, 0.05) is 5.69 Å². The number of benzene rings is 1. The van der Waals surface area contributed by atoms with E-state index in [1.807, 2.05) is 31.2 Å². The molecule has 3 fully saturated rings. The average molecular weight is 284 g/mol. The van der Waals surface area contributed by atoms with Crippen LogP contribution in [0.4, 0.5) is 5.69 Å². The summed E-state index contributed by atoms with van der Waals surface area (Å²) in [6, 6.07) is 7.99. The van der Waals surface area contributed by atoms with Crippen LogP contribution in [0.1, 0.15) is 24.8 Å². The van der Waals surface area contributed by atoms with Crippen molar-refractivity contribution >= 4 is 17.5 Å². The number of fused-ring (bicyclic) bond motifs is 5. The molecule has 1 aromatic rings. The van der Waals surface area contributed by atoms with Crippen molar-refractivity contribution < 1.29 is 9.59 Å². The van der Waals surface area contributed by atoms with E-state index in [2.05, 4.69) is 5.32 Å². The molecule has 1 aromatic carbocycles. The molecule has 4 nitrogen and oxygen atoms in total. The molecule has 2 amide bonds. The number of carbonyl (C=O) groups is 2. The molecule has 0 radical (unpaired) electrons. The van der Waals surface area contributed by atoms with Gasteiger partial charge in [-0.25, -0.2) is 0 Å². The van der Waals surface area contributed by atoms with Crippen LogP contribution in [0.5, 0.6) is 0 Å². The van der Waals surface area contributed by atoms with Gasteiger partial charge < -0.3 is 5.32 Å². The third-order valence-corrected chi connectivity index (χ3v) is 5.51. The summed E-state index contributed by atoms with van der Waals surface area (Å²) in [5.41, 5.74) is 2.14. The lowest BCUT2D eigenvalue weighted by molar-refractivity contribution is -0.140. The fourth-order valence-electron chi connectivity index (χ4n) is 4.47. The molecule has 21 heavy (non-hydrogen) atoms. The molecule has 3 aliphatic rings. The van der Waals surface area contributed by atoms with Crippen LogP contribution in [0.3, 0.4) is 0 Å². The molecular formula is C17H20N2O2. The Bertz CT molecular complexity index is 567. The summed E-state index contributed by atoms with van der Waals surface area (Å²) in [5.74, 6) is 0.988. The van der Waals surface area contributed by atoms with Crippen molar-refractivity contribution in [1.82, 2.24) is 4.90 Å². The lowest BCUT2D eigenvalue weighted by Crippen LogP contribution is -2.36. The van der Waals surface area contributed by atoms with Gasteiger partial charge in [-0.2, -0.15) is 0 Å². The van der Waals surface area contributed by atoms with Crippen LogP contribution in [0.2, 0.25) is 0 Å². The van der Waals surface area contributed by atoms with Crippen LogP contribution in [0.15, 0.2) is 24.3 Å². The highest BCUT2D eigenvalue weighted by molar-refractivity contribution is 6.06. The normalized spacial score (nSPS) is 33.7.